The number of nitro groups is 1. The van der Waals surface area contributed by atoms with Crippen molar-refractivity contribution in [2.45, 2.75) is 12.8 Å². The predicted octanol–water partition coefficient (Wildman–Crippen LogP) is 5.46. The Kier molecular flexibility index (Phi) is 5.80. The summed E-state index contributed by atoms with van der Waals surface area (Å²) in [5, 5.41) is 13.8. The number of hydrogen-bond acceptors (Lipinski definition) is 4. The summed E-state index contributed by atoms with van der Waals surface area (Å²) in [6.07, 6.45) is 2.78. The first-order valence-electron chi connectivity index (χ1n) is 10.0. The summed E-state index contributed by atoms with van der Waals surface area (Å²) in [4.78, 5) is 22.9. The molecule has 0 saturated carbocycles. The summed E-state index contributed by atoms with van der Waals surface area (Å²) in [7, 11) is 0. The van der Waals surface area contributed by atoms with Crippen LogP contribution in [0.1, 0.15) is 28.2 Å². The summed E-state index contributed by atoms with van der Waals surface area (Å²) < 4.78 is 5.48. The first-order valence-corrected chi connectivity index (χ1v) is 10.0. The summed E-state index contributed by atoms with van der Waals surface area (Å²) in [6, 6.07) is 21.2. The van der Waals surface area contributed by atoms with Crippen LogP contribution in [-0.2, 0) is 4.74 Å². The number of nitrogens with one attached hydrogen (secondary N) is 1. The average Bonchev–Trinajstić information content (AvgIpc) is 3.09. The van der Waals surface area contributed by atoms with E-state index in [1.165, 1.54) is 17.2 Å². The molecule has 0 aromatic heterocycles. The lowest BCUT2D eigenvalue weighted by Gasteiger charge is -2.14. The molecule has 6 heteroatoms. The summed E-state index contributed by atoms with van der Waals surface area (Å²) >= 11 is 0. The van der Waals surface area contributed by atoms with Gasteiger partial charge in [-0.25, -0.2) is 4.79 Å². The maximum atomic E-state index is 12.2. The molecule has 0 aliphatic heterocycles. The normalized spacial score (nSPS) is 12.4. The third kappa shape index (κ3) is 4.33. The van der Waals surface area contributed by atoms with Gasteiger partial charge in [0.25, 0.3) is 5.69 Å². The number of nitrogens with zero attached hydrogens (tertiary/aromatic N) is 1. The molecule has 0 bridgehead atoms. The van der Waals surface area contributed by atoms with E-state index in [0.717, 1.165) is 16.7 Å². The molecule has 1 amide bonds. The third-order valence-corrected chi connectivity index (χ3v) is 5.39. The van der Waals surface area contributed by atoms with Gasteiger partial charge in [0.05, 0.1) is 10.5 Å². The number of nitro benzene ring substituents is 1. The summed E-state index contributed by atoms with van der Waals surface area (Å²) in [6.45, 7) is 2.32. The Labute approximate surface area is 180 Å². The Morgan fingerprint density at radius 2 is 1.71 bits per heavy atom. The van der Waals surface area contributed by atoms with Crippen LogP contribution in [-0.4, -0.2) is 24.2 Å². The van der Waals surface area contributed by atoms with Gasteiger partial charge in [0, 0.05) is 18.5 Å². The second-order valence-corrected chi connectivity index (χ2v) is 7.43. The molecule has 1 aliphatic carbocycles. The molecule has 3 aromatic rings. The second kappa shape index (κ2) is 8.83. The van der Waals surface area contributed by atoms with Crippen molar-refractivity contribution in [3.05, 3.63) is 105 Å². The van der Waals surface area contributed by atoms with Gasteiger partial charge in [-0.05, 0) is 35.2 Å². The van der Waals surface area contributed by atoms with Crippen LogP contribution in [0.25, 0.3) is 17.2 Å². The van der Waals surface area contributed by atoms with E-state index < -0.39 is 11.0 Å². The van der Waals surface area contributed by atoms with E-state index in [1.807, 2.05) is 31.2 Å². The molecule has 4 rings (SSSR count). The number of rotatable bonds is 6. The van der Waals surface area contributed by atoms with Crippen LogP contribution in [0.15, 0.2) is 72.8 Å². The maximum absolute atomic E-state index is 12.2. The Bertz CT molecular complexity index is 1120. The van der Waals surface area contributed by atoms with Crippen LogP contribution in [0.2, 0.25) is 0 Å². The van der Waals surface area contributed by atoms with Crippen LogP contribution in [0, 0.1) is 17.0 Å². The van der Waals surface area contributed by atoms with Gasteiger partial charge in [-0.1, -0.05) is 72.3 Å². The fourth-order valence-corrected chi connectivity index (χ4v) is 3.95. The van der Waals surface area contributed by atoms with E-state index in [2.05, 4.69) is 29.6 Å². The van der Waals surface area contributed by atoms with E-state index in [-0.39, 0.29) is 24.8 Å². The van der Waals surface area contributed by atoms with Gasteiger partial charge in [-0.3, -0.25) is 10.1 Å². The molecule has 0 radical (unpaired) electrons. The lowest BCUT2D eigenvalue weighted by molar-refractivity contribution is -0.385. The lowest BCUT2D eigenvalue weighted by Crippen LogP contribution is -2.26. The number of benzene rings is 3. The van der Waals surface area contributed by atoms with Crippen molar-refractivity contribution in [1.82, 2.24) is 5.32 Å². The third-order valence-electron chi connectivity index (χ3n) is 5.39. The van der Waals surface area contributed by atoms with Gasteiger partial charge in [0.1, 0.15) is 6.61 Å². The molecule has 0 saturated heterocycles. The average molecular weight is 414 g/mol. The van der Waals surface area contributed by atoms with Crippen LogP contribution in [0.5, 0.6) is 0 Å². The van der Waals surface area contributed by atoms with Crippen LogP contribution >= 0.6 is 0 Å². The van der Waals surface area contributed by atoms with Gasteiger partial charge in [-0.2, -0.15) is 0 Å². The predicted molar refractivity (Wildman–Crippen MR) is 120 cm³/mol. The van der Waals surface area contributed by atoms with E-state index >= 15 is 0 Å². The van der Waals surface area contributed by atoms with E-state index in [0.29, 0.717) is 5.56 Å². The number of aryl methyl sites for hydroxylation is 1. The number of fused-ring (bicyclic) bond motifs is 3. The van der Waals surface area contributed by atoms with E-state index in [1.54, 1.807) is 24.3 Å². The number of alkyl carbamates (subject to hydrolysis) is 1. The Balaban J connectivity index is 1.35. The Morgan fingerprint density at radius 1 is 1.06 bits per heavy atom. The summed E-state index contributed by atoms with van der Waals surface area (Å²) in [5.74, 6) is 0.00337. The number of ether oxygens (including phenoxy) is 1. The van der Waals surface area contributed by atoms with Crippen molar-refractivity contribution in [2.75, 3.05) is 13.2 Å². The van der Waals surface area contributed by atoms with Gasteiger partial charge < -0.3 is 10.1 Å². The van der Waals surface area contributed by atoms with E-state index in [9.17, 15) is 14.9 Å². The van der Waals surface area contributed by atoms with Crippen molar-refractivity contribution in [3.8, 4) is 11.1 Å². The molecule has 0 fully saturated rings. The SMILES string of the molecule is Cc1ccc([N+](=O)[O-])c(C=CCNC(=O)OCC2c3ccccc3-c3ccccc32)c1. The number of hydrogen-bond donors (Lipinski definition) is 1. The largest absolute Gasteiger partial charge is 0.449 e. The van der Waals surface area contributed by atoms with Gasteiger partial charge >= 0.3 is 6.09 Å². The van der Waals surface area contributed by atoms with Gasteiger partial charge in [0.15, 0.2) is 0 Å². The highest BCUT2D eigenvalue weighted by atomic mass is 16.6. The zero-order valence-electron chi connectivity index (χ0n) is 17.1. The zero-order chi connectivity index (χ0) is 21.8. The highest BCUT2D eigenvalue weighted by molar-refractivity contribution is 5.79. The van der Waals surface area contributed by atoms with Crippen molar-refractivity contribution in [3.63, 3.8) is 0 Å². The smallest absolute Gasteiger partial charge is 0.407 e. The van der Waals surface area contributed by atoms with E-state index in [4.69, 9.17) is 4.74 Å². The molecule has 1 N–H and O–H groups in total. The monoisotopic (exact) mass is 414 g/mol. The first kappa shape index (κ1) is 20.3. The summed E-state index contributed by atoms with van der Waals surface area (Å²) in [5.41, 5.74) is 6.12. The minimum absolute atomic E-state index is 0.00337. The molecule has 6 nitrogen and oxygen atoms in total. The van der Waals surface area contributed by atoms with Crippen LogP contribution in [0.3, 0.4) is 0 Å². The standard InChI is InChI=1S/C25H22N2O4/c1-17-12-13-24(27(29)30)18(15-17)7-6-14-26-25(28)31-16-23-21-10-4-2-8-19(21)20-9-3-5-11-22(20)23/h2-13,15,23H,14,16H2,1H3,(H,26,28). The molecular formula is C25H22N2O4. The Hall–Kier alpha value is -3.93. The van der Waals surface area contributed by atoms with Crippen molar-refractivity contribution in [1.29, 1.82) is 0 Å². The minimum atomic E-state index is -0.523. The highest BCUT2D eigenvalue weighted by Crippen LogP contribution is 2.44. The Morgan fingerprint density at radius 3 is 2.35 bits per heavy atom. The van der Waals surface area contributed by atoms with Crippen LogP contribution in [0.4, 0.5) is 10.5 Å². The second-order valence-electron chi connectivity index (χ2n) is 7.43. The molecule has 0 unspecified atom stereocenters. The van der Waals surface area contributed by atoms with Crippen LogP contribution < -0.4 is 5.32 Å². The highest BCUT2D eigenvalue weighted by Gasteiger charge is 2.28. The van der Waals surface area contributed by atoms with Gasteiger partial charge in [-0.15, -0.1) is 0 Å². The number of amides is 1. The fraction of sp³-hybridized carbons (Fsp3) is 0.160. The number of carbonyl (C=O) groups excluding carboxylic acids is 1. The molecule has 0 heterocycles. The lowest BCUT2D eigenvalue weighted by atomic mass is 9.98. The minimum Gasteiger partial charge on any atom is -0.449 e. The topological polar surface area (TPSA) is 81.5 Å². The maximum Gasteiger partial charge on any atom is 0.407 e. The van der Waals surface area contributed by atoms with Crippen molar-refractivity contribution >= 4 is 17.9 Å². The quantitative estimate of drug-likeness (QED) is 0.429. The molecule has 0 spiro atoms. The fourth-order valence-electron chi connectivity index (χ4n) is 3.95. The molecule has 1 aliphatic rings. The molecular weight excluding hydrogens is 392 g/mol. The zero-order valence-corrected chi connectivity index (χ0v) is 17.1. The number of carbonyl (C=O) groups is 1. The molecule has 3 aromatic carbocycles. The van der Waals surface area contributed by atoms with Crippen molar-refractivity contribution in [2.24, 2.45) is 0 Å². The van der Waals surface area contributed by atoms with Crippen molar-refractivity contribution < 1.29 is 14.5 Å². The molecule has 156 valence electrons. The van der Waals surface area contributed by atoms with Gasteiger partial charge in [0.2, 0.25) is 0 Å². The molecule has 0 atom stereocenters. The molecule has 31 heavy (non-hydrogen) atoms. The first-order chi connectivity index (χ1) is 15.0.